The number of carbonyl (C=O) groups excluding carboxylic acids is 1. The summed E-state index contributed by atoms with van der Waals surface area (Å²) in [4.78, 5) is 16.5. The first-order chi connectivity index (χ1) is 13.3. The van der Waals surface area contributed by atoms with Crippen molar-refractivity contribution in [2.24, 2.45) is 0 Å². The van der Waals surface area contributed by atoms with Crippen LogP contribution < -0.4 is 0 Å². The molecule has 8 heteroatoms. The van der Waals surface area contributed by atoms with Gasteiger partial charge in [0.1, 0.15) is 6.61 Å². The quantitative estimate of drug-likeness (QED) is 0.0977. The molecule has 0 fully saturated rings. The molecule has 0 amide bonds. The Bertz CT molecular complexity index is 435. The topological polar surface area (TPSA) is 54.0 Å². The lowest BCUT2D eigenvalue weighted by Gasteiger charge is -2.28. The third-order valence-electron chi connectivity index (χ3n) is 4.59. The van der Waals surface area contributed by atoms with Gasteiger partial charge in [0.25, 0.3) is 0 Å². The van der Waals surface area contributed by atoms with E-state index in [-0.39, 0.29) is 12.4 Å². The summed E-state index contributed by atoms with van der Waals surface area (Å²) in [5, 5.41) is 0. The fraction of sp³-hybridized carbons (Fsp3) is 0.952. The molecule has 0 aliphatic heterocycles. The molecule has 0 rings (SSSR count). The van der Waals surface area contributed by atoms with E-state index in [1.165, 1.54) is 25.3 Å². The maximum atomic E-state index is 11.0. The first-order valence-electron chi connectivity index (χ1n) is 11.3. The van der Waals surface area contributed by atoms with E-state index >= 15 is 0 Å². The van der Waals surface area contributed by atoms with Crippen molar-refractivity contribution in [2.75, 3.05) is 26.4 Å². The molecular weight excluding hydrogens is 416 g/mol. The van der Waals surface area contributed by atoms with Gasteiger partial charge in [0, 0.05) is 21.3 Å². The highest BCUT2D eigenvalue weighted by Crippen LogP contribution is 2.21. The molecule has 0 aromatic carbocycles. The van der Waals surface area contributed by atoms with Crippen LogP contribution in [0.2, 0.25) is 64.0 Å². The molecule has 174 valence electrons. The van der Waals surface area contributed by atoms with E-state index in [4.69, 9.17) is 18.6 Å². The minimum atomic E-state index is -1.87. The number of hydrogen-bond acceptors (Lipinski definition) is 5. The molecule has 5 nitrogen and oxygen atoms in total. The molecule has 0 radical (unpaired) electrons. The number of ether oxygens (including phenoxy) is 1. The molecule has 0 aliphatic rings. The van der Waals surface area contributed by atoms with Crippen LogP contribution in [0.25, 0.3) is 0 Å². The summed E-state index contributed by atoms with van der Waals surface area (Å²) >= 11 is 0. The zero-order chi connectivity index (χ0) is 22.4. The highest BCUT2D eigenvalue weighted by atomic mass is 28.4. The highest BCUT2D eigenvalue weighted by Gasteiger charge is 2.29. The van der Waals surface area contributed by atoms with Crippen molar-refractivity contribution < 1.29 is 23.4 Å². The molecule has 0 aromatic rings. The first-order valence-corrected chi connectivity index (χ1v) is 21.3. The molecule has 1 atom stereocenters. The maximum absolute atomic E-state index is 11.0. The molecule has 29 heavy (non-hydrogen) atoms. The van der Waals surface area contributed by atoms with Crippen LogP contribution in [0.4, 0.5) is 0 Å². The normalized spacial score (nSPS) is 14.8. The molecule has 0 aliphatic carbocycles. The Hall–Kier alpha value is 0.161. The second kappa shape index (κ2) is 15.0. The fourth-order valence-corrected chi connectivity index (χ4v) is 7.27. The van der Waals surface area contributed by atoms with Gasteiger partial charge in [0.15, 0.2) is 14.1 Å². The summed E-state index contributed by atoms with van der Waals surface area (Å²) in [6.45, 7) is 19.8. The molecule has 0 bridgehead atoms. The van der Waals surface area contributed by atoms with E-state index in [0.717, 1.165) is 31.5 Å². The average molecular weight is 465 g/mol. The van der Waals surface area contributed by atoms with E-state index in [1.54, 1.807) is 6.92 Å². The number of ketones is 1. The Balaban J connectivity index is 4.23. The summed E-state index contributed by atoms with van der Waals surface area (Å²) < 4.78 is 17.4. The SMILES string of the molecule is CC(=O)COCCC[Si](C)(CCOO[Si](C)(C)C)OCCCCCC[Si](C)(C)C. The van der Waals surface area contributed by atoms with Crippen LogP contribution in [0.3, 0.4) is 0 Å². The summed E-state index contributed by atoms with van der Waals surface area (Å²) in [6.07, 6.45) is 6.01. The molecule has 1 unspecified atom stereocenters. The first kappa shape index (κ1) is 29.2. The van der Waals surface area contributed by atoms with Gasteiger partial charge in [-0.15, -0.1) is 0 Å². The van der Waals surface area contributed by atoms with E-state index in [1.807, 2.05) is 0 Å². The Morgan fingerprint density at radius 3 is 1.97 bits per heavy atom. The lowest BCUT2D eigenvalue weighted by Crippen LogP contribution is -2.37. The fourth-order valence-electron chi connectivity index (χ4n) is 2.94. The van der Waals surface area contributed by atoms with Crippen LogP contribution in [-0.4, -0.2) is 56.9 Å². The van der Waals surface area contributed by atoms with Crippen molar-refractivity contribution >= 4 is 30.5 Å². The minimum Gasteiger partial charge on any atom is -0.417 e. The van der Waals surface area contributed by atoms with Crippen molar-refractivity contribution in [2.45, 2.75) is 103 Å². The molecular formula is C21H48O5Si3. The zero-order valence-electron chi connectivity index (χ0n) is 20.5. The molecule has 0 heterocycles. The summed E-state index contributed by atoms with van der Waals surface area (Å²) in [7, 11) is -4.42. The predicted molar refractivity (Wildman–Crippen MR) is 130 cm³/mol. The largest absolute Gasteiger partial charge is 0.417 e. The summed E-state index contributed by atoms with van der Waals surface area (Å²) in [5.41, 5.74) is 0. The van der Waals surface area contributed by atoms with E-state index < -0.39 is 24.7 Å². The number of rotatable bonds is 19. The molecule has 0 saturated carbocycles. The van der Waals surface area contributed by atoms with Crippen LogP contribution in [-0.2, 0) is 23.4 Å². The molecule has 0 aromatic heterocycles. The molecule has 0 N–H and O–H groups in total. The standard InChI is InChI=1S/C21H48O5Si3/c1-21(22)20-23-14-13-18-29(8,19-16-24-26-28(5,6)7)25-15-11-9-10-12-17-27(2,3)4/h9-20H2,1-8H3. The van der Waals surface area contributed by atoms with E-state index in [9.17, 15) is 4.79 Å². The van der Waals surface area contributed by atoms with E-state index in [0.29, 0.717) is 13.2 Å². The number of hydrogen-bond donors (Lipinski definition) is 0. The van der Waals surface area contributed by atoms with Crippen molar-refractivity contribution in [3.63, 3.8) is 0 Å². The lowest BCUT2D eigenvalue weighted by atomic mass is 10.2. The average Bonchev–Trinajstić information content (AvgIpc) is 2.56. The van der Waals surface area contributed by atoms with Crippen molar-refractivity contribution in [3.05, 3.63) is 0 Å². The third-order valence-corrected chi connectivity index (χ3v) is 10.6. The second-order valence-corrected chi connectivity index (χ2v) is 24.9. The number of Topliss-reactive ketones (excluding diaryl/α,β-unsaturated/α-hetero) is 1. The van der Waals surface area contributed by atoms with Gasteiger partial charge < -0.3 is 9.16 Å². The van der Waals surface area contributed by atoms with Crippen molar-refractivity contribution in [1.82, 2.24) is 0 Å². The Labute approximate surface area is 183 Å². The van der Waals surface area contributed by atoms with Gasteiger partial charge >= 0.3 is 0 Å². The molecule has 0 saturated heterocycles. The summed E-state index contributed by atoms with van der Waals surface area (Å²) in [5.74, 6) is 0.0762. The van der Waals surface area contributed by atoms with E-state index in [2.05, 4.69) is 45.8 Å². The number of carbonyl (C=O) groups is 1. The van der Waals surface area contributed by atoms with Gasteiger partial charge in [-0.3, -0.25) is 9.37 Å². The van der Waals surface area contributed by atoms with Crippen LogP contribution >= 0.6 is 0 Å². The Kier molecular flexibility index (Phi) is 15.1. The predicted octanol–water partition coefficient (Wildman–Crippen LogP) is 6.26. The zero-order valence-corrected chi connectivity index (χ0v) is 23.5. The summed E-state index contributed by atoms with van der Waals surface area (Å²) in [6, 6.07) is 3.38. The van der Waals surface area contributed by atoms with Gasteiger partial charge in [-0.1, -0.05) is 44.9 Å². The van der Waals surface area contributed by atoms with Gasteiger partial charge in [-0.05, 0) is 58.0 Å². The van der Waals surface area contributed by atoms with Crippen LogP contribution in [0.1, 0.15) is 39.0 Å². The smallest absolute Gasteiger partial charge is 0.230 e. The third kappa shape index (κ3) is 21.2. The lowest BCUT2D eigenvalue weighted by molar-refractivity contribution is -0.213. The Morgan fingerprint density at radius 2 is 1.38 bits per heavy atom. The number of unbranched alkanes of at least 4 members (excludes halogenated alkanes) is 3. The van der Waals surface area contributed by atoms with Gasteiger partial charge in [0.2, 0.25) is 8.32 Å². The monoisotopic (exact) mass is 464 g/mol. The van der Waals surface area contributed by atoms with Crippen LogP contribution in [0.5, 0.6) is 0 Å². The van der Waals surface area contributed by atoms with Gasteiger partial charge in [-0.25, -0.2) is 4.89 Å². The van der Waals surface area contributed by atoms with Crippen LogP contribution in [0.15, 0.2) is 0 Å². The highest BCUT2D eigenvalue weighted by molar-refractivity contribution is 6.76. The van der Waals surface area contributed by atoms with Crippen molar-refractivity contribution in [3.8, 4) is 0 Å². The molecule has 0 spiro atoms. The second-order valence-electron chi connectivity index (χ2n) is 10.6. The van der Waals surface area contributed by atoms with Gasteiger partial charge in [-0.2, -0.15) is 0 Å². The minimum absolute atomic E-state index is 0.0762. The van der Waals surface area contributed by atoms with Gasteiger partial charge in [0.05, 0.1) is 6.61 Å². The Morgan fingerprint density at radius 1 is 0.724 bits per heavy atom. The van der Waals surface area contributed by atoms with Crippen molar-refractivity contribution in [1.29, 1.82) is 0 Å². The van der Waals surface area contributed by atoms with Crippen LogP contribution in [0, 0.1) is 0 Å². The maximum Gasteiger partial charge on any atom is 0.230 e.